The first-order chi connectivity index (χ1) is 12.9. The SMILES string of the molecule is CC(CNC(=O)Nc1cccc([N+](=O)[O-])c1)OC12CC3CC(CC(C3)C1)C2. The van der Waals surface area contributed by atoms with Crippen molar-refractivity contribution in [1.82, 2.24) is 5.32 Å². The van der Waals surface area contributed by atoms with Crippen LogP contribution in [0.15, 0.2) is 24.3 Å². The van der Waals surface area contributed by atoms with Gasteiger partial charge in [0.1, 0.15) is 0 Å². The van der Waals surface area contributed by atoms with E-state index in [1.807, 2.05) is 6.92 Å². The van der Waals surface area contributed by atoms with Gasteiger partial charge in [-0.1, -0.05) is 6.07 Å². The monoisotopic (exact) mass is 373 g/mol. The van der Waals surface area contributed by atoms with E-state index in [4.69, 9.17) is 4.74 Å². The van der Waals surface area contributed by atoms with Crippen LogP contribution in [-0.2, 0) is 4.74 Å². The molecule has 4 aliphatic carbocycles. The van der Waals surface area contributed by atoms with Crippen LogP contribution in [0, 0.1) is 27.9 Å². The number of nitro groups is 1. The lowest BCUT2D eigenvalue weighted by Gasteiger charge is -2.57. The Morgan fingerprint density at radius 1 is 1.26 bits per heavy atom. The molecule has 0 aliphatic heterocycles. The highest BCUT2D eigenvalue weighted by Gasteiger charge is 2.52. The van der Waals surface area contributed by atoms with Crippen LogP contribution in [0.25, 0.3) is 0 Å². The number of nitrogens with one attached hydrogen (secondary N) is 2. The van der Waals surface area contributed by atoms with E-state index in [1.165, 1.54) is 50.7 Å². The van der Waals surface area contributed by atoms with Crippen LogP contribution in [0.5, 0.6) is 0 Å². The van der Waals surface area contributed by atoms with Crippen LogP contribution < -0.4 is 10.6 Å². The van der Waals surface area contributed by atoms with Crippen LogP contribution in [0.1, 0.15) is 45.4 Å². The smallest absolute Gasteiger partial charge is 0.319 e. The summed E-state index contributed by atoms with van der Waals surface area (Å²) in [5, 5.41) is 16.3. The largest absolute Gasteiger partial charge is 0.370 e. The Morgan fingerprint density at radius 3 is 2.48 bits per heavy atom. The average Bonchev–Trinajstić information content (AvgIpc) is 2.58. The van der Waals surface area contributed by atoms with Gasteiger partial charge >= 0.3 is 6.03 Å². The van der Waals surface area contributed by atoms with Crippen molar-refractivity contribution in [2.45, 2.75) is 57.2 Å². The second kappa shape index (κ2) is 7.11. The van der Waals surface area contributed by atoms with E-state index >= 15 is 0 Å². The van der Waals surface area contributed by atoms with Gasteiger partial charge in [0.15, 0.2) is 0 Å². The van der Waals surface area contributed by atoms with Gasteiger partial charge in [0, 0.05) is 24.4 Å². The Bertz CT molecular complexity index is 700. The van der Waals surface area contributed by atoms with Gasteiger partial charge in [-0.15, -0.1) is 0 Å². The third-order valence-electron chi connectivity index (χ3n) is 6.30. The van der Waals surface area contributed by atoms with Gasteiger partial charge in [-0.2, -0.15) is 0 Å². The van der Waals surface area contributed by atoms with E-state index in [1.54, 1.807) is 12.1 Å². The zero-order valence-corrected chi connectivity index (χ0v) is 15.6. The van der Waals surface area contributed by atoms with Crippen molar-refractivity contribution in [1.29, 1.82) is 0 Å². The number of nitrogens with zero attached hydrogens (tertiary/aromatic N) is 1. The van der Waals surface area contributed by atoms with Gasteiger partial charge < -0.3 is 15.4 Å². The van der Waals surface area contributed by atoms with Crippen LogP contribution in [-0.4, -0.2) is 29.2 Å². The molecule has 1 aromatic carbocycles. The number of rotatable bonds is 6. The number of ether oxygens (including phenoxy) is 1. The van der Waals surface area contributed by atoms with Crippen LogP contribution >= 0.6 is 0 Å². The van der Waals surface area contributed by atoms with Crippen molar-refractivity contribution in [3.05, 3.63) is 34.4 Å². The van der Waals surface area contributed by atoms with Crippen LogP contribution in [0.3, 0.4) is 0 Å². The Balaban J connectivity index is 1.27. The lowest BCUT2D eigenvalue weighted by Crippen LogP contribution is -2.54. The Hall–Kier alpha value is -2.15. The third kappa shape index (κ3) is 4.08. The van der Waals surface area contributed by atoms with E-state index in [9.17, 15) is 14.9 Å². The molecule has 4 saturated carbocycles. The van der Waals surface area contributed by atoms with Gasteiger partial charge in [-0.05, 0) is 69.3 Å². The third-order valence-corrected chi connectivity index (χ3v) is 6.30. The number of hydrogen-bond donors (Lipinski definition) is 2. The maximum absolute atomic E-state index is 12.1. The molecule has 0 radical (unpaired) electrons. The zero-order valence-electron chi connectivity index (χ0n) is 15.6. The van der Waals surface area contributed by atoms with Crippen molar-refractivity contribution < 1.29 is 14.5 Å². The van der Waals surface area contributed by atoms with Crippen molar-refractivity contribution in [3.63, 3.8) is 0 Å². The number of amides is 2. The predicted molar refractivity (Wildman–Crippen MR) is 102 cm³/mol. The Labute approximate surface area is 159 Å². The van der Waals surface area contributed by atoms with E-state index in [-0.39, 0.29) is 23.4 Å². The highest BCUT2D eigenvalue weighted by atomic mass is 16.6. The summed E-state index contributed by atoms with van der Waals surface area (Å²) in [6.07, 6.45) is 7.58. The highest BCUT2D eigenvalue weighted by molar-refractivity contribution is 5.89. The molecule has 2 N–H and O–H groups in total. The zero-order chi connectivity index (χ0) is 19.0. The molecule has 1 atom stereocenters. The number of benzene rings is 1. The first-order valence-electron chi connectivity index (χ1n) is 9.88. The van der Waals surface area contributed by atoms with E-state index in [2.05, 4.69) is 10.6 Å². The predicted octanol–water partition coefficient (Wildman–Crippen LogP) is 4.09. The molecule has 2 amide bonds. The molecule has 4 bridgehead atoms. The van der Waals surface area contributed by atoms with Gasteiger partial charge in [-0.3, -0.25) is 10.1 Å². The lowest BCUT2D eigenvalue weighted by atomic mass is 9.54. The molecule has 5 rings (SSSR count). The summed E-state index contributed by atoms with van der Waals surface area (Å²) in [5.41, 5.74) is 0.370. The van der Waals surface area contributed by atoms with Gasteiger partial charge in [0.2, 0.25) is 0 Å². The lowest BCUT2D eigenvalue weighted by molar-refractivity contribution is -0.384. The van der Waals surface area contributed by atoms with E-state index in [0.717, 1.165) is 17.8 Å². The number of carbonyl (C=O) groups excluding carboxylic acids is 1. The Kier molecular flexibility index (Phi) is 4.80. The van der Waals surface area contributed by atoms with Crippen molar-refractivity contribution in [3.8, 4) is 0 Å². The second-order valence-electron chi connectivity index (χ2n) is 8.67. The minimum atomic E-state index is -0.482. The molecule has 7 heteroatoms. The van der Waals surface area contributed by atoms with E-state index < -0.39 is 4.92 Å². The molecule has 0 aromatic heterocycles. The topological polar surface area (TPSA) is 93.5 Å². The highest BCUT2D eigenvalue weighted by Crippen LogP contribution is 2.57. The maximum Gasteiger partial charge on any atom is 0.319 e. The second-order valence-corrected chi connectivity index (χ2v) is 8.67. The number of carbonyl (C=O) groups is 1. The van der Waals surface area contributed by atoms with Gasteiger partial charge in [-0.25, -0.2) is 4.79 Å². The number of anilines is 1. The summed E-state index contributed by atoms with van der Waals surface area (Å²) in [6, 6.07) is 5.53. The minimum Gasteiger partial charge on any atom is -0.370 e. The van der Waals surface area contributed by atoms with Gasteiger partial charge in [0.05, 0.1) is 16.6 Å². The summed E-state index contributed by atoms with van der Waals surface area (Å²) in [6.45, 7) is 2.43. The molecule has 4 fully saturated rings. The van der Waals surface area contributed by atoms with Crippen molar-refractivity contribution in [2.24, 2.45) is 17.8 Å². The molecule has 1 aromatic rings. The minimum absolute atomic E-state index is 0.0202. The first-order valence-corrected chi connectivity index (χ1v) is 9.88. The molecule has 27 heavy (non-hydrogen) atoms. The number of nitro benzene ring substituents is 1. The molecule has 0 saturated heterocycles. The fourth-order valence-electron chi connectivity index (χ4n) is 5.75. The first kappa shape index (κ1) is 18.2. The fourth-order valence-corrected chi connectivity index (χ4v) is 5.75. The molecule has 0 spiro atoms. The molecule has 0 heterocycles. The van der Waals surface area contributed by atoms with Gasteiger partial charge in [0.25, 0.3) is 5.69 Å². The number of urea groups is 1. The summed E-state index contributed by atoms with van der Waals surface area (Å²) >= 11 is 0. The van der Waals surface area contributed by atoms with Crippen molar-refractivity contribution >= 4 is 17.4 Å². The molecular formula is C20H27N3O4. The summed E-state index contributed by atoms with van der Waals surface area (Å²) < 4.78 is 6.47. The van der Waals surface area contributed by atoms with Crippen molar-refractivity contribution in [2.75, 3.05) is 11.9 Å². The molecule has 1 unspecified atom stereocenters. The Morgan fingerprint density at radius 2 is 1.89 bits per heavy atom. The molecular weight excluding hydrogens is 346 g/mol. The summed E-state index contributed by atoms with van der Waals surface area (Å²) in [5.74, 6) is 2.48. The van der Waals surface area contributed by atoms with Crippen LogP contribution in [0.2, 0.25) is 0 Å². The molecule has 4 aliphatic rings. The summed E-state index contributed by atoms with van der Waals surface area (Å²) in [4.78, 5) is 22.4. The molecule has 7 nitrogen and oxygen atoms in total. The quantitative estimate of drug-likeness (QED) is 0.580. The summed E-state index contributed by atoms with van der Waals surface area (Å²) in [7, 11) is 0. The molecule has 146 valence electrons. The standard InChI is InChI=1S/C20H27N3O4/c1-13(27-20-9-14-5-15(10-20)7-16(6-14)11-20)12-21-19(24)22-17-3-2-4-18(8-17)23(25)26/h2-4,8,13-16H,5-7,9-12H2,1H3,(H2,21,22,24). The normalized spacial score (nSPS) is 32.1. The van der Waals surface area contributed by atoms with Crippen LogP contribution in [0.4, 0.5) is 16.2 Å². The number of hydrogen-bond acceptors (Lipinski definition) is 4. The average molecular weight is 373 g/mol. The van der Waals surface area contributed by atoms with E-state index in [0.29, 0.717) is 12.2 Å². The maximum atomic E-state index is 12.1. The fraction of sp³-hybridized carbons (Fsp3) is 0.650. The number of non-ortho nitro benzene ring substituents is 1.